The molecule has 0 spiro atoms. The van der Waals surface area contributed by atoms with E-state index >= 15 is 0 Å². The Bertz CT molecular complexity index is 228. The molecule has 0 bridgehead atoms. The molecule has 5 heteroatoms. The van der Waals surface area contributed by atoms with E-state index in [1.54, 1.807) is 6.92 Å². The fraction of sp³-hybridized carbons (Fsp3) is 0.909. The van der Waals surface area contributed by atoms with Gasteiger partial charge >= 0.3 is 5.97 Å². The summed E-state index contributed by atoms with van der Waals surface area (Å²) in [6.45, 7) is 6.95. The smallest absolute Gasteiger partial charge is 0.307 e. The van der Waals surface area contributed by atoms with Gasteiger partial charge in [-0.15, -0.1) is 0 Å². The van der Waals surface area contributed by atoms with Crippen molar-refractivity contribution in [3.8, 4) is 0 Å². The van der Waals surface area contributed by atoms with Crippen LogP contribution in [0.3, 0.4) is 0 Å². The molecule has 0 radical (unpaired) electrons. The number of hydrogen-bond acceptors (Lipinski definition) is 3. The maximum atomic E-state index is 11.4. The highest BCUT2D eigenvalue weighted by Crippen LogP contribution is 2.00. The Balaban J connectivity index is 3.48. The van der Waals surface area contributed by atoms with Gasteiger partial charge in [0.1, 0.15) is 0 Å². The van der Waals surface area contributed by atoms with Crippen molar-refractivity contribution in [2.75, 3.05) is 24.7 Å². The van der Waals surface area contributed by atoms with Crippen LogP contribution in [0.15, 0.2) is 0 Å². The van der Waals surface area contributed by atoms with E-state index in [-0.39, 0.29) is 5.75 Å². The van der Waals surface area contributed by atoms with Gasteiger partial charge in [-0.05, 0) is 12.3 Å². The predicted molar refractivity (Wildman–Crippen MR) is 65.0 cm³/mol. The van der Waals surface area contributed by atoms with E-state index in [4.69, 9.17) is 9.84 Å². The van der Waals surface area contributed by atoms with Crippen LogP contribution in [0.1, 0.15) is 27.2 Å². The Hall–Kier alpha value is -0.420. The highest BCUT2D eigenvalue weighted by atomic mass is 32.2. The van der Waals surface area contributed by atoms with E-state index in [1.807, 2.05) is 0 Å². The van der Waals surface area contributed by atoms with Gasteiger partial charge in [0.25, 0.3) is 0 Å². The van der Waals surface area contributed by atoms with Crippen LogP contribution in [0.2, 0.25) is 0 Å². The third-order valence-electron chi connectivity index (χ3n) is 2.15. The number of carbonyl (C=O) groups is 1. The molecule has 96 valence electrons. The topological polar surface area (TPSA) is 63.6 Å². The zero-order valence-corrected chi connectivity index (χ0v) is 11.1. The molecule has 0 rings (SSSR count). The maximum absolute atomic E-state index is 11.4. The molecule has 0 aliphatic carbocycles. The third-order valence-corrected chi connectivity index (χ3v) is 3.65. The Labute approximate surface area is 99.8 Å². The monoisotopic (exact) mass is 250 g/mol. The van der Waals surface area contributed by atoms with Crippen molar-refractivity contribution < 1.29 is 18.8 Å². The molecular formula is C11H22O4S. The fourth-order valence-electron chi connectivity index (χ4n) is 1.01. The standard InChI is InChI=1S/C11H22O4S/c1-9(2)4-5-15-6-7-16(14)8-10(3)11(12)13/h9-10H,4-8H2,1-3H3,(H,12,13). The van der Waals surface area contributed by atoms with Crippen molar-refractivity contribution in [2.24, 2.45) is 11.8 Å². The van der Waals surface area contributed by atoms with Gasteiger partial charge in [0.2, 0.25) is 0 Å². The van der Waals surface area contributed by atoms with Crippen molar-refractivity contribution in [2.45, 2.75) is 27.2 Å². The van der Waals surface area contributed by atoms with Gasteiger partial charge in [-0.3, -0.25) is 9.00 Å². The summed E-state index contributed by atoms with van der Waals surface area (Å²) in [5.41, 5.74) is 0. The van der Waals surface area contributed by atoms with Crippen LogP contribution in [0.4, 0.5) is 0 Å². The van der Waals surface area contributed by atoms with Crippen LogP contribution in [-0.4, -0.2) is 40.0 Å². The average Bonchev–Trinajstić information content (AvgIpc) is 2.16. The molecule has 16 heavy (non-hydrogen) atoms. The summed E-state index contributed by atoms with van der Waals surface area (Å²) in [4.78, 5) is 10.5. The lowest BCUT2D eigenvalue weighted by atomic mass is 10.1. The van der Waals surface area contributed by atoms with E-state index in [0.29, 0.717) is 24.9 Å². The average molecular weight is 250 g/mol. The second-order valence-electron chi connectivity index (χ2n) is 4.34. The lowest BCUT2D eigenvalue weighted by Gasteiger charge is -2.08. The Morgan fingerprint density at radius 1 is 1.31 bits per heavy atom. The first-order valence-corrected chi connectivity index (χ1v) is 7.07. The summed E-state index contributed by atoms with van der Waals surface area (Å²) in [6, 6.07) is 0. The van der Waals surface area contributed by atoms with E-state index < -0.39 is 22.7 Å². The minimum Gasteiger partial charge on any atom is -0.481 e. The number of rotatable bonds is 9. The van der Waals surface area contributed by atoms with Gasteiger partial charge < -0.3 is 9.84 Å². The van der Waals surface area contributed by atoms with E-state index in [1.165, 1.54) is 0 Å². The Morgan fingerprint density at radius 3 is 2.44 bits per heavy atom. The van der Waals surface area contributed by atoms with Gasteiger partial charge in [-0.1, -0.05) is 20.8 Å². The second kappa shape index (κ2) is 8.70. The summed E-state index contributed by atoms with van der Waals surface area (Å²) in [5.74, 6) is -0.193. The lowest BCUT2D eigenvalue weighted by Crippen LogP contribution is -2.20. The third kappa shape index (κ3) is 8.85. The molecule has 1 N–H and O–H groups in total. The lowest BCUT2D eigenvalue weighted by molar-refractivity contribution is -0.140. The minimum atomic E-state index is -1.09. The van der Waals surface area contributed by atoms with Gasteiger partial charge in [-0.25, -0.2) is 0 Å². The zero-order valence-electron chi connectivity index (χ0n) is 10.3. The predicted octanol–water partition coefficient (Wildman–Crippen LogP) is 1.52. The molecule has 0 aromatic carbocycles. The molecular weight excluding hydrogens is 228 g/mol. The molecule has 0 amide bonds. The Kier molecular flexibility index (Phi) is 8.47. The molecule has 0 fully saturated rings. The fourth-order valence-corrected chi connectivity index (χ4v) is 2.18. The van der Waals surface area contributed by atoms with Gasteiger partial charge in [-0.2, -0.15) is 0 Å². The largest absolute Gasteiger partial charge is 0.481 e. The number of carboxylic acids is 1. The first-order chi connectivity index (χ1) is 7.43. The van der Waals surface area contributed by atoms with Gasteiger partial charge in [0.05, 0.1) is 12.5 Å². The van der Waals surface area contributed by atoms with Crippen molar-refractivity contribution in [1.82, 2.24) is 0 Å². The van der Waals surface area contributed by atoms with E-state index in [0.717, 1.165) is 6.42 Å². The number of carboxylic acid groups (broad SMARTS) is 1. The molecule has 0 saturated heterocycles. The van der Waals surface area contributed by atoms with Gasteiger partial charge in [0.15, 0.2) is 0 Å². The van der Waals surface area contributed by atoms with Gasteiger partial charge in [0, 0.05) is 28.9 Å². The van der Waals surface area contributed by atoms with Crippen LogP contribution in [-0.2, 0) is 20.3 Å². The molecule has 0 aliphatic rings. The van der Waals surface area contributed by atoms with Crippen LogP contribution in [0.25, 0.3) is 0 Å². The van der Waals surface area contributed by atoms with Crippen molar-refractivity contribution >= 4 is 16.8 Å². The number of ether oxygens (including phenoxy) is 1. The molecule has 0 heterocycles. The first-order valence-electron chi connectivity index (χ1n) is 5.59. The molecule has 0 aromatic rings. The highest BCUT2D eigenvalue weighted by Gasteiger charge is 2.14. The summed E-state index contributed by atoms with van der Waals surface area (Å²) in [6.07, 6.45) is 0.998. The molecule has 0 saturated carbocycles. The van der Waals surface area contributed by atoms with Crippen molar-refractivity contribution in [3.63, 3.8) is 0 Å². The van der Waals surface area contributed by atoms with Crippen LogP contribution in [0.5, 0.6) is 0 Å². The van der Waals surface area contributed by atoms with Crippen LogP contribution in [0, 0.1) is 11.8 Å². The summed E-state index contributed by atoms with van der Waals surface area (Å²) in [5, 5.41) is 8.64. The molecule has 2 unspecified atom stereocenters. The molecule has 2 atom stereocenters. The van der Waals surface area contributed by atoms with Crippen LogP contribution >= 0.6 is 0 Å². The van der Waals surface area contributed by atoms with E-state index in [2.05, 4.69) is 13.8 Å². The first kappa shape index (κ1) is 15.6. The second-order valence-corrected chi connectivity index (χ2v) is 5.97. The summed E-state index contributed by atoms with van der Waals surface area (Å²) >= 11 is 0. The minimum absolute atomic E-state index is 0.211. The quantitative estimate of drug-likeness (QED) is 0.630. The SMILES string of the molecule is CC(C)CCOCCS(=O)CC(C)C(=O)O. The zero-order chi connectivity index (χ0) is 12.6. The maximum Gasteiger partial charge on any atom is 0.307 e. The number of aliphatic carboxylic acids is 1. The summed E-state index contributed by atoms with van der Waals surface area (Å²) in [7, 11) is -1.09. The highest BCUT2D eigenvalue weighted by molar-refractivity contribution is 7.85. The molecule has 0 aromatic heterocycles. The van der Waals surface area contributed by atoms with Crippen molar-refractivity contribution in [3.05, 3.63) is 0 Å². The Morgan fingerprint density at radius 2 is 1.94 bits per heavy atom. The van der Waals surface area contributed by atoms with Crippen LogP contribution < -0.4 is 0 Å². The normalized spacial score (nSPS) is 15.0. The molecule has 4 nitrogen and oxygen atoms in total. The molecule has 0 aliphatic heterocycles. The summed E-state index contributed by atoms with van der Waals surface area (Å²) < 4.78 is 16.7. The number of hydrogen-bond donors (Lipinski definition) is 1. The van der Waals surface area contributed by atoms with E-state index in [9.17, 15) is 9.00 Å². The van der Waals surface area contributed by atoms with Crippen molar-refractivity contribution in [1.29, 1.82) is 0 Å².